The van der Waals surface area contributed by atoms with Crippen LogP contribution < -0.4 is 4.72 Å². The Kier molecular flexibility index (Phi) is 6.31. The first-order valence-electron chi connectivity index (χ1n) is 7.63. The third-order valence-corrected chi connectivity index (χ3v) is 5.35. The molecule has 0 amide bonds. The van der Waals surface area contributed by atoms with Crippen LogP contribution in [0.3, 0.4) is 0 Å². The number of hydrogen-bond acceptors (Lipinski definition) is 4. The molecular weight excluding hydrogens is 305 g/mol. The van der Waals surface area contributed by atoms with Gasteiger partial charge in [-0.25, -0.2) is 17.5 Å². The first kappa shape index (κ1) is 17.3. The van der Waals surface area contributed by atoms with E-state index in [0.717, 1.165) is 51.6 Å². The van der Waals surface area contributed by atoms with Crippen LogP contribution >= 0.6 is 0 Å². The van der Waals surface area contributed by atoms with Crippen molar-refractivity contribution in [3.63, 3.8) is 0 Å². The van der Waals surface area contributed by atoms with Gasteiger partial charge in [0.1, 0.15) is 5.82 Å². The van der Waals surface area contributed by atoms with E-state index in [0.29, 0.717) is 6.54 Å². The lowest BCUT2D eigenvalue weighted by Crippen LogP contribution is -2.44. The van der Waals surface area contributed by atoms with E-state index in [1.807, 2.05) is 0 Å². The van der Waals surface area contributed by atoms with Gasteiger partial charge >= 0.3 is 0 Å². The highest BCUT2D eigenvalue weighted by Crippen LogP contribution is 2.10. The molecule has 0 atom stereocenters. The number of nitrogens with one attached hydrogen (secondary N) is 1. The molecule has 0 saturated carbocycles. The monoisotopic (exact) mass is 329 g/mol. The van der Waals surface area contributed by atoms with Crippen LogP contribution in [0.4, 0.5) is 4.39 Å². The Morgan fingerprint density at radius 2 is 1.91 bits per heavy atom. The fourth-order valence-corrected chi connectivity index (χ4v) is 3.56. The predicted octanol–water partition coefficient (Wildman–Crippen LogP) is 1.13. The number of rotatable bonds is 7. The molecule has 1 aromatic carbocycles. The average molecular weight is 329 g/mol. The number of hydrogen-bond donors (Lipinski definition) is 1. The van der Waals surface area contributed by atoms with Crippen molar-refractivity contribution in [1.82, 2.24) is 14.5 Å². The molecule has 0 unspecified atom stereocenters. The zero-order valence-electron chi connectivity index (χ0n) is 13.0. The molecule has 0 radical (unpaired) electrons. The number of unbranched alkanes of at least 4 members (excludes halogenated alkanes) is 1. The molecule has 0 aliphatic carbocycles. The van der Waals surface area contributed by atoms with Crippen LogP contribution in [0, 0.1) is 5.82 Å². The summed E-state index contributed by atoms with van der Waals surface area (Å²) in [5, 5.41) is 0. The Hall–Kier alpha value is -1.02. The summed E-state index contributed by atoms with van der Waals surface area (Å²) in [6, 6.07) is 5.06. The van der Waals surface area contributed by atoms with Crippen LogP contribution in [0.5, 0.6) is 0 Å². The van der Waals surface area contributed by atoms with E-state index in [2.05, 4.69) is 21.6 Å². The summed E-state index contributed by atoms with van der Waals surface area (Å²) in [6.07, 6.45) is 1.73. The first-order valence-corrected chi connectivity index (χ1v) is 9.12. The fraction of sp³-hybridized carbons (Fsp3) is 0.600. The minimum Gasteiger partial charge on any atom is -0.304 e. The molecule has 0 aromatic heterocycles. The number of likely N-dealkylation sites (N-methyl/N-ethyl adjacent to an activating group) is 1. The molecule has 124 valence electrons. The third kappa shape index (κ3) is 5.31. The Morgan fingerprint density at radius 1 is 1.18 bits per heavy atom. The topological polar surface area (TPSA) is 52.6 Å². The molecule has 5 nitrogen and oxygen atoms in total. The number of piperazine rings is 1. The standard InChI is InChI=1S/C15H24FN3O2S/c1-18-9-11-19(12-10-18)8-3-2-7-17-22(20,21)15-6-4-5-14(16)13-15/h4-6,13,17H,2-3,7-12H2,1H3. The van der Waals surface area contributed by atoms with Crippen LogP contribution in [-0.4, -0.2) is 64.5 Å². The summed E-state index contributed by atoms with van der Waals surface area (Å²) < 4.78 is 39.6. The second-order valence-corrected chi connectivity index (χ2v) is 7.47. The summed E-state index contributed by atoms with van der Waals surface area (Å²) in [6.45, 7) is 5.71. The highest BCUT2D eigenvalue weighted by atomic mass is 32.2. The largest absolute Gasteiger partial charge is 0.304 e. The molecule has 0 spiro atoms. The van der Waals surface area contributed by atoms with Crippen LogP contribution in [0.15, 0.2) is 29.2 Å². The van der Waals surface area contributed by atoms with E-state index in [1.165, 1.54) is 18.2 Å². The quantitative estimate of drug-likeness (QED) is 0.762. The lowest BCUT2D eigenvalue weighted by Gasteiger charge is -2.32. The van der Waals surface area contributed by atoms with Crippen molar-refractivity contribution in [3.8, 4) is 0 Å². The Labute approximate surface area is 132 Å². The van der Waals surface area contributed by atoms with Gasteiger partial charge in [-0.05, 0) is 44.6 Å². The van der Waals surface area contributed by atoms with Gasteiger partial charge in [0.05, 0.1) is 4.90 Å². The molecule has 0 bridgehead atoms. The van der Waals surface area contributed by atoms with E-state index in [-0.39, 0.29) is 4.90 Å². The zero-order valence-corrected chi connectivity index (χ0v) is 13.8. The number of sulfonamides is 1. The van der Waals surface area contributed by atoms with Crippen molar-refractivity contribution in [2.45, 2.75) is 17.7 Å². The average Bonchev–Trinajstić information content (AvgIpc) is 2.49. The van der Waals surface area contributed by atoms with E-state index in [1.54, 1.807) is 0 Å². The highest BCUT2D eigenvalue weighted by molar-refractivity contribution is 7.89. The first-order chi connectivity index (χ1) is 10.5. The fourth-order valence-electron chi connectivity index (χ4n) is 2.46. The van der Waals surface area contributed by atoms with Gasteiger partial charge in [0.25, 0.3) is 0 Å². The Balaban J connectivity index is 1.68. The second kappa shape index (κ2) is 8.01. The summed E-state index contributed by atoms with van der Waals surface area (Å²) >= 11 is 0. The molecule has 1 heterocycles. The zero-order chi connectivity index (χ0) is 16.0. The summed E-state index contributed by atoms with van der Waals surface area (Å²) in [4.78, 5) is 4.69. The lowest BCUT2D eigenvalue weighted by atomic mass is 10.2. The van der Waals surface area contributed by atoms with Gasteiger partial charge in [-0.3, -0.25) is 0 Å². The van der Waals surface area contributed by atoms with Crippen LogP contribution in [0.1, 0.15) is 12.8 Å². The van der Waals surface area contributed by atoms with Gasteiger partial charge in [-0.15, -0.1) is 0 Å². The Morgan fingerprint density at radius 3 is 2.59 bits per heavy atom. The maximum Gasteiger partial charge on any atom is 0.240 e. The molecule has 1 N–H and O–H groups in total. The van der Waals surface area contributed by atoms with Crippen LogP contribution in [-0.2, 0) is 10.0 Å². The van der Waals surface area contributed by atoms with Gasteiger partial charge in [-0.2, -0.15) is 0 Å². The normalized spacial score (nSPS) is 17.7. The minimum atomic E-state index is -3.61. The van der Waals surface area contributed by atoms with Gasteiger partial charge < -0.3 is 9.80 Å². The van der Waals surface area contributed by atoms with Crippen LogP contribution in [0.25, 0.3) is 0 Å². The summed E-state index contributed by atoms with van der Waals surface area (Å²) in [7, 11) is -1.48. The van der Waals surface area contributed by atoms with Crippen molar-refractivity contribution in [2.75, 3.05) is 46.3 Å². The third-order valence-electron chi connectivity index (χ3n) is 3.90. The molecule has 1 fully saturated rings. The molecule has 22 heavy (non-hydrogen) atoms. The molecular formula is C15H24FN3O2S. The maximum atomic E-state index is 13.1. The molecule has 2 rings (SSSR count). The molecule has 1 saturated heterocycles. The molecule has 1 aromatic rings. The van der Waals surface area contributed by atoms with E-state index < -0.39 is 15.8 Å². The summed E-state index contributed by atoms with van der Waals surface area (Å²) in [5.41, 5.74) is 0. The van der Waals surface area contributed by atoms with Crippen LogP contribution in [0.2, 0.25) is 0 Å². The van der Waals surface area contributed by atoms with Crippen molar-refractivity contribution >= 4 is 10.0 Å². The SMILES string of the molecule is CN1CCN(CCCCNS(=O)(=O)c2cccc(F)c2)CC1. The molecule has 1 aliphatic heterocycles. The van der Waals surface area contributed by atoms with Gasteiger partial charge in [0.2, 0.25) is 10.0 Å². The molecule has 7 heteroatoms. The Bertz CT molecular complexity index is 572. The lowest BCUT2D eigenvalue weighted by molar-refractivity contribution is 0.152. The van der Waals surface area contributed by atoms with Crippen molar-refractivity contribution in [1.29, 1.82) is 0 Å². The minimum absolute atomic E-state index is 0.0217. The number of halogens is 1. The van der Waals surface area contributed by atoms with Gasteiger partial charge in [0.15, 0.2) is 0 Å². The van der Waals surface area contributed by atoms with E-state index in [9.17, 15) is 12.8 Å². The van der Waals surface area contributed by atoms with Gasteiger partial charge in [-0.1, -0.05) is 6.07 Å². The maximum absolute atomic E-state index is 13.1. The smallest absolute Gasteiger partial charge is 0.240 e. The number of benzene rings is 1. The highest BCUT2D eigenvalue weighted by Gasteiger charge is 2.15. The number of nitrogens with zero attached hydrogens (tertiary/aromatic N) is 2. The van der Waals surface area contributed by atoms with Crippen molar-refractivity contribution < 1.29 is 12.8 Å². The van der Waals surface area contributed by atoms with Crippen molar-refractivity contribution in [3.05, 3.63) is 30.1 Å². The van der Waals surface area contributed by atoms with Gasteiger partial charge in [0, 0.05) is 32.7 Å². The van der Waals surface area contributed by atoms with E-state index >= 15 is 0 Å². The second-order valence-electron chi connectivity index (χ2n) is 5.71. The van der Waals surface area contributed by atoms with Crippen molar-refractivity contribution in [2.24, 2.45) is 0 Å². The predicted molar refractivity (Wildman–Crippen MR) is 84.8 cm³/mol. The summed E-state index contributed by atoms with van der Waals surface area (Å²) in [5.74, 6) is -0.544. The van der Waals surface area contributed by atoms with E-state index in [4.69, 9.17) is 0 Å². The molecule has 1 aliphatic rings.